The number of nitrogens with zero attached hydrogens (tertiary/aromatic N) is 3. The van der Waals surface area contributed by atoms with Crippen molar-refractivity contribution in [2.45, 2.75) is 12.1 Å². The molecule has 2 atom stereocenters. The van der Waals surface area contributed by atoms with Crippen LogP contribution < -0.4 is 16.4 Å². The van der Waals surface area contributed by atoms with Crippen LogP contribution in [0.1, 0.15) is 0 Å². The number of likely N-dealkylation sites (N-methyl/N-ethyl adjacent to an activating group) is 1. The molecule has 6 heteroatoms. The Morgan fingerprint density at radius 3 is 2.60 bits per heavy atom. The van der Waals surface area contributed by atoms with Gasteiger partial charge in [0.05, 0.1) is 0 Å². The Kier molecular flexibility index (Phi) is 6.67. The lowest BCUT2D eigenvalue weighted by atomic mass is 10.0. The normalized spacial score (nSPS) is 27.9. The summed E-state index contributed by atoms with van der Waals surface area (Å²) in [7, 11) is 4.28. The Morgan fingerprint density at radius 2 is 1.95 bits per heavy atom. The van der Waals surface area contributed by atoms with E-state index in [0.717, 1.165) is 65.4 Å². The van der Waals surface area contributed by atoms with E-state index in [-0.39, 0.29) is 0 Å². The molecule has 118 valence electrons. The molecule has 2 rings (SSSR count). The molecular formula is C14H32N6. The van der Waals surface area contributed by atoms with Gasteiger partial charge in [0.2, 0.25) is 0 Å². The maximum atomic E-state index is 6.07. The quantitative estimate of drug-likeness (QED) is 0.527. The molecule has 2 saturated heterocycles. The van der Waals surface area contributed by atoms with Crippen molar-refractivity contribution in [1.29, 1.82) is 0 Å². The second-order valence-corrected chi connectivity index (χ2v) is 6.25. The van der Waals surface area contributed by atoms with Crippen LogP contribution in [-0.2, 0) is 0 Å². The first-order valence-corrected chi connectivity index (χ1v) is 7.96. The highest BCUT2D eigenvalue weighted by Crippen LogP contribution is 2.10. The summed E-state index contributed by atoms with van der Waals surface area (Å²) >= 11 is 0. The Morgan fingerprint density at radius 1 is 1.20 bits per heavy atom. The van der Waals surface area contributed by atoms with E-state index in [1.54, 1.807) is 0 Å². The molecule has 0 bridgehead atoms. The number of hydrogen-bond acceptors (Lipinski definition) is 6. The first kappa shape index (κ1) is 16.1. The van der Waals surface area contributed by atoms with E-state index in [1.165, 1.54) is 0 Å². The number of rotatable bonds is 6. The molecule has 0 aromatic heterocycles. The molecular weight excluding hydrogens is 252 g/mol. The summed E-state index contributed by atoms with van der Waals surface area (Å²) in [6, 6.07) is 0.980. The fourth-order valence-electron chi connectivity index (χ4n) is 3.23. The summed E-state index contributed by atoms with van der Waals surface area (Å²) in [5, 5.41) is 7.11. The molecule has 0 aromatic carbocycles. The zero-order chi connectivity index (χ0) is 14.4. The lowest BCUT2D eigenvalue weighted by molar-refractivity contribution is 0.0960. The fraction of sp³-hybridized carbons (Fsp3) is 1.00. The summed E-state index contributed by atoms with van der Waals surface area (Å²) in [5.41, 5.74) is 6.07. The SMILES string of the molecule is CN(C)CCN1CCNC(C(CN)N2CCNCC2)C1. The molecule has 4 N–H and O–H groups in total. The minimum Gasteiger partial charge on any atom is -0.329 e. The van der Waals surface area contributed by atoms with E-state index in [0.29, 0.717) is 12.1 Å². The van der Waals surface area contributed by atoms with Gasteiger partial charge in [0.1, 0.15) is 0 Å². The lowest BCUT2D eigenvalue weighted by Gasteiger charge is -2.43. The first-order valence-electron chi connectivity index (χ1n) is 7.96. The van der Waals surface area contributed by atoms with Crippen LogP contribution in [0, 0.1) is 0 Å². The lowest BCUT2D eigenvalue weighted by Crippen LogP contribution is -2.64. The highest BCUT2D eigenvalue weighted by Gasteiger charge is 2.30. The van der Waals surface area contributed by atoms with E-state index in [4.69, 9.17) is 5.73 Å². The third-order valence-electron chi connectivity index (χ3n) is 4.48. The van der Waals surface area contributed by atoms with Gasteiger partial charge in [-0.25, -0.2) is 0 Å². The summed E-state index contributed by atoms with van der Waals surface area (Å²) in [6.45, 7) is 10.8. The molecule has 0 aromatic rings. The Balaban J connectivity index is 1.85. The number of piperazine rings is 2. The van der Waals surface area contributed by atoms with Gasteiger partial charge in [0.15, 0.2) is 0 Å². The predicted molar refractivity (Wildman–Crippen MR) is 84.1 cm³/mol. The Bertz CT molecular complexity index is 266. The second kappa shape index (κ2) is 8.26. The average Bonchev–Trinajstić information content (AvgIpc) is 2.47. The van der Waals surface area contributed by atoms with Crippen LogP contribution in [0.5, 0.6) is 0 Å². The van der Waals surface area contributed by atoms with Gasteiger partial charge in [-0.3, -0.25) is 9.80 Å². The maximum absolute atomic E-state index is 6.07. The van der Waals surface area contributed by atoms with Crippen LogP contribution in [0.2, 0.25) is 0 Å². The monoisotopic (exact) mass is 284 g/mol. The van der Waals surface area contributed by atoms with Crippen molar-refractivity contribution < 1.29 is 0 Å². The van der Waals surface area contributed by atoms with Crippen molar-refractivity contribution in [3.05, 3.63) is 0 Å². The number of nitrogens with two attached hydrogens (primary N) is 1. The average molecular weight is 284 g/mol. The molecule has 2 aliphatic heterocycles. The van der Waals surface area contributed by atoms with Crippen molar-refractivity contribution in [3.8, 4) is 0 Å². The minimum absolute atomic E-state index is 0.472. The smallest absolute Gasteiger partial charge is 0.0385 e. The van der Waals surface area contributed by atoms with E-state index >= 15 is 0 Å². The summed E-state index contributed by atoms with van der Waals surface area (Å²) in [5.74, 6) is 0. The molecule has 2 unspecified atom stereocenters. The number of hydrogen-bond donors (Lipinski definition) is 3. The molecule has 2 aliphatic rings. The maximum Gasteiger partial charge on any atom is 0.0385 e. The minimum atomic E-state index is 0.472. The van der Waals surface area contributed by atoms with E-state index in [1.807, 2.05) is 0 Å². The molecule has 20 heavy (non-hydrogen) atoms. The van der Waals surface area contributed by atoms with Crippen LogP contribution >= 0.6 is 0 Å². The van der Waals surface area contributed by atoms with Crippen molar-refractivity contribution >= 4 is 0 Å². The molecule has 2 fully saturated rings. The van der Waals surface area contributed by atoms with Crippen LogP contribution in [0.15, 0.2) is 0 Å². The van der Waals surface area contributed by atoms with Crippen molar-refractivity contribution in [1.82, 2.24) is 25.3 Å². The topological polar surface area (TPSA) is 59.8 Å². The van der Waals surface area contributed by atoms with Gasteiger partial charge in [0, 0.05) is 77.5 Å². The molecule has 0 amide bonds. The van der Waals surface area contributed by atoms with Gasteiger partial charge in [-0.1, -0.05) is 0 Å². The van der Waals surface area contributed by atoms with E-state index in [9.17, 15) is 0 Å². The van der Waals surface area contributed by atoms with Crippen LogP contribution in [-0.4, -0.2) is 106 Å². The van der Waals surface area contributed by atoms with Gasteiger partial charge in [-0.05, 0) is 14.1 Å². The molecule has 0 spiro atoms. The van der Waals surface area contributed by atoms with E-state index < -0.39 is 0 Å². The van der Waals surface area contributed by atoms with Gasteiger partial charge < -0.3 is 21.3 Å². The predicted octanol–water partition coefficient (Wildman–Crippen LogP) is -1.95. The van der Waals surface area contributed by atoms with Gasteiger partial charge >= 0.3 is 0 Å². The van der Waals surface area contributed by atoms with Crippen molar-refractivity contribution in [3.63, 3.8) is 0 Å². The van der Waals surface area contributed by atoms with Crippen LogP contribution in [0.25, 0.3) is 0 Å². The summed E-state index contributed by atoms with van der Waals surface area (Å²) < 4.78 is 0. The first-order chi connectivity index (χ1) is 9.70. The zero-order valence-corrected chi connectivity index (χ0v) is 13.1. The van der Waals surface area contributed by atoms with Crippen LogP contribution in [0.3, 0.4) is 0 Å². The molecule has 6 nitrogen and oxygen atoms in total. The van der Waals surface area contributed by atoms with Gasteiger partial charge in [-0.2, -0.15) is 0 Å². The molecule has 2 heterocycles. The molecule has 0 saturated carbocycles. The highest BCUT2D eigenvalue weighted by molar-refractivity contribution is 4.92. The Labute approximate surface area is 123 Å². The standard InChI is InChI=1S/C14H32N6/c1-18(2)9-10-19-6-5-17-13(12-19)14(11-15)20-7-3-16-4-8-20/h13-14,16-17H,3-12,15H2,1-2H3. The van der Waals surface area contributed by atoms with Crippen molar-refractivity contribution in [2.75, 3.05) is 79.5 Å². The highest BCUT2D eigenvalue weighted by atomic mass is 15.3. The summed E-state index contributed by atoms with van der Waals surface area (Å²) in [4.78, 5) is 7.39. The largest absolute Gasteiger partial charge is 0.329 e. The van der Waals surface area contributed by atoms with Crippen molar-refractivity contribution in [2.24, 2.45) is 5.73 Å². The second-order valence-electron chi connectivity index (χ2n) is 6.25. The molecule has 0 aliphatic carbocycles. The third-order valence-corrected chi connectivity index (χ3v) is 4.48. The van der Waals surface area contributed by atoms with Gasteiger partial charge in [0.25, 0.3) is 0 Å². The third kappa shape index (κ3) is 4.65. The zero-order valence-electron chi connectivity index (χ0n) is 13.1. The van der Waals surface area contributed by atoms with Crippen LogP contribution in [0.4, 0.5) is 0 Å². The summed E-state index contributed by atoms with van der Waals surface area (Å²) in [6.07, 6.45) is 0. The fourth-order valence-corrected chi connectivity index (χ4v) is 3.23. The molecule has 0 radical (unpaired) electrons. The Hall–Kier alpha value is -0.240. The van der Waals surface area contributed by atoms with Gasteiger partial charge in [-0.15, -0.1) is 0 Å². The number of nitrogens with one attached hydrogen (secondary N) is 2. The van der Waals surface area contributed by atoms with E-state index in [2.05, 4.69) is 39.4 Å².